The van der Waals surface area contributed by atoms with E-state index in [1.807, 2.05) is 40.1 Å². The molecule has 1 atom stereocenters. The fourth-order valence-corrected chi connectivity index (χ4v) is 4.55. The first-order chi connectivity index (χ1) is 13.5. The van der Waals surface area contributed by atoms with Crippen LogP contribution in [0.25, 0.3) is 0 Å². The van der Waals surface area contributed by atoms with Gasteiger partial charge < -0.3 is 19.5 Å². The van der Waals surface area contributed by atoms with Gasteiger partial charge in [0, 0.05) is 38.7 Å². The normalized spacial score (nSPS) is 19.2. The molecule has 1 spiro atoms. The highest BCUT2D eigenvalue weighted by Gasteiger charge is 2.48. The highest BCUT2D eigenvalue weighted by molar-refractivity contribution is 5.81. The predicted octanol–water partition coefficient (Wildman–Crippen LogP) is 2.10. The van der Waals surface area contributed by atoms with E-state index in [1.54, 1.807) is 20.2 Å². The molecule has 0 bridgehead atoms. The third-order valence-electron chi connectivity index (χ3n) is 5.95. The molecule has 1 aromatic carbocycles. The minimum absolute atomic E-state index is 0.0221. The van der Waals surface area contributed by atoms with Crippen molar-refractivity contribution in [3.63, 3.8) is 0 Å². The lowest BCUT2D eigenvalue weighted by Crippen LogP contribution is -2.59. The minimum Gasteiger partial charge on any atom is -0.481 e. The van der Waals surface area contributed by atoms with Crippen LogP contribution in [-0.4, -0.2) is 57.3 Å². The molecule has 2 aliphatic rings. The summed E-state index contributed by atoms with van der Waals surface area (Å²) in [5.74, 6) is 0.730. The number of aromatic nitrogens is 2. The van der Waals surface area contributed by atoms with Crippen LogP contribution in [0.5, 0.6) is 5.75 Å². The number of piperidine rings is 1. The van der Waals surface area contributed by atoms with E-state index in [0.717, 1.165) is 17.8 Å². The molecule has 28 heavy (non-hydrogen) atoms. The maximum absolute atomic E-state index is 12.9. The molecule has 4 rings (SSSR count). The summed E-state index contributed by atoms with van der Waals surface area (Å²) >= 11 is 0. The highest BCUT2D eigenvalue weighted by Crippen LogP contribution is 2.42. The van der Waals surface area contributed by atoms with Gasteiger partial charge in [-0.15, -0.1) is 0 Å². The second-order valence-electron chi connectivity index (χ2n) is 7.58. The number of likely N-dealkylation sites (tertiary alicyclic amines) is 1. The molecule has 7 heteroatoms. The molecule has 1 saturated heterocycles. The quantitative estimate of drug-likeness (QED) is 0.882. The van der Waals surface area contributed by atoms with Crippen LogP contribution in [-0.2, 0) is 21.5 Å². The van der Waals surface area contributed by atoms with E-state index >= 15 is 0 Å². The summed E-state index contributed by atoms with van der Waals surface area (Å²) < 4.78 is 5.80. The first-order valence-electron chi connectivity index (χ1n) is 9.83. The molecule has 0 saturated carbocycles. The van der Waals surface area contributed by atoms with Crippen LogP contribution < -0.4 is 4.74 Å². The zero-order valence-corrected chi connectivity index (χ0v) is 16.4. The van der Waals surface area contributed by atoms with Crippen molar-refractivity contribution in [2.75, 3.05) is 19.6 Å². The van der Waals surface area contributed by atoms with Crippen LogP contribution in [0.4, 0.5) is 0 Å². The van der Waals surface area contributed by atoms with Crippen molar-refractivity contribution in [2.24, 2.45) is 0 Å². The van der Waals surface area contributed by atoms with Gasteiger partial charge in [-0.25, -0.2) is 4.98 Å². The lowest BCUT2D eigenvalue weighted by Gasteiger charge is -2.50. The van der Waals surface area contributed by atoms with Crippen molar-refractivity contribution >= 4 is 11.8 Å². The maximum atomic E-state index is 12.9. The average Bonchev–Trinajstić information content (AvgIpc) is 3.19. The fourth-order valence-electron chi connectivity index (χ4n) is 4.55. The Morgan fingerprint density at radius 2 is 1.89 bits per heavy atom. The van der Waals surface area contributed by atoms with E-state index in [0.29, 0.717) is 38.2 Å². The third kappa shape index (κ3) is 3.15. The Labute approximate surface area is 164 Å². The van der Waals surface area contributed by atoms with Gasteiger partial charge in [-0.2, -0.15) is 0 Å². The number of carbonyl (C=O) groups is 2. The zero-order valence-electron chi connectivity index (χ0n) is 16.4. The van der Waals surface area contributed by atoms with Crippen molar-refractivity contribution < 1.29 is 14.3 Å². The second kappa shape index (κ2) is 7.30. The first-order valence-corrected chi connectivity index (χ1v) is 9.83. The smallest absolute Gasteiger partial charge is 0.263 e. The van der Waals surface area contributed by atoms with Crippen molar-refractivity contribution in [1.82, 2.24) is 19.8 Å². The molecule has 3 heterocycles. The molecule has 2 aliphatic heterocycles. The molecular weight excluding hydrogens is 356 g/mol. The molecule has 148 valence electrons. The van der Waals surface area contributed by atoms with Gasteiger partial charge in [-0.05, 0) is 31.9 Å². The van der Waals surface area contributed by atoms with Gasteiger partial charge in [0.2, 0.25) is 5.91 Å². The number of H-pyrrole nitrogens is 1. The zero-order chi connectivity index (χ0) is 19.7. The van der Waals surface area contributed by atoms with Gasteiger partial charge >= 0.3 is 0 Å². The molecule has 0 unspecified atom stereocenters. The molecule has 0 aliphatic carbocycles. The van der Waals surface area contributed by atoms with Crippen LogP contribution in [0.15, 0.2) is 36.7 Å². The molecule has 2 aromatic rings. The Morgan fingerprint density at radius 1 is 1.18 bits per heavy atom. The molecule has 7 nitrogen and oxygen atoms in total. The van der Waals surface area contributed by atoms with Crippen molar-refractivity contribution in [1.29, 1.82) is 0 Å². The molecular formula is C21H26N4O3. The number of nitrogens with one attached hydrogen (secondary N) is 1. The van der Waals surface area contributed by atoms with Gasteiger partial charge in [0.05, 0.1) is 17.6 Å². The van der Waals surface area contributed by atoms with E-state index in [2.05, 4.69) is 9.97 Å². The molecule has 0 radical (unpaired) electrons. The number of fused-ring (bicyclic) bond motifs is 2. The van der Waals surface area contributed by atoms with E-state index in [4.69, 9.17) is 4.74 Å². The first kappa shape index (κ1) is 18.5. The van der Waals surface area contributed by atoms with Gasteiger partial charge in [0.25, 0.3) is 5.91 Å². The summed E-state index contributed by atoms with van der Waals surface area (Å²) in [6.45, 7) is 5.25. The molecule has 1 fully saturated rings. The number of benzene rings is 1. The number of hydrogen-bond donors (Lipinski definition) is 1. The van der Waals surface area contributed by atoms with Crippen LogP contribution in [0.1, 0.15) is 38.1 Å². The van der Waals surface area contributed by atoms with E-state index in [1.165, 1.54) is 0 Å². The van der Waals surface area contributed by atoms with Crippen LogP contribution in [0.3, 0.4) is 0 Å². The number of aromatic amines is 1. The number of imidazole rings is 1. The number of nitrogens with zero attached hydrogens (tertiary/aromatic N) is 3. The SMILES string of the molecule is CC(=O)N1CCc2[nH]cnc2C12CCN(C(=O)[C@H](C)Oc1ccccc1)CC2. The Kier molecular flexibility index (Phi) is 4.83. The van der Waals surface area contributed by atoms with E-state index < -0.39 is 11.6 Å². The van der Waals surface area contributed by atoms with Crippen molar-refractivity contribution in [3.05, 3.63) is 48.0 Å². The average molecular weight is 382 g/mol. The summed E-state index contributed by atoms with van der Waals surface area (Å²) in [5, 5.41) is 0. The Bertz CT molecular complexity index is 856. The summed E-state index contributed by atoms with van der Waals surface area (Å²) in [6, 6.07) is 9.38. The van der Waals surface area contributed by atoms with E-state index in [9.17, 15) is 9.59 Å². The summed E-state index contributed by atoms with van der Waals surface area (Å²) in [6.07, 6.45) is 3.33. The van der Waals surface area contributed by atoms with E-state index in [-0.39, 0.29) is 11.8 Å². The maximum Gasteiger partial charge on any atom is 0.263 e. The molecule has 2 amide bonds. The van der Waals surface area contributed by atoms with Crippen LogP contribution in [0, 0.1) is 0 Å². The largest absolute Gasteiger partial charge is 0.481 e. The van der Waals surface area contributed by atoms with Crippen molar-refractivity contribution in [3.8, 4) is 5.75 Å². The lowest BCUT2D eigenvalue weighted by molar-refractivity contribution is -0.145. The summed E-state index contributed by atoms with van der Waals surface area (Å²) in [4.78, 5) is 36.8. The Hall–Kier alpha value is -2.83. The van der Waals surface area contributed by atoms with Crippen molar-refractivity contribution in [2.45, 2.75) is 44.8 Å². The number of carbonyl (C=O) groups excluding carboxylic acids is 2. The lowest BCUT2D eigenvalue weighted by atomic mass is 9.78. The summed E-state index contributed by atoms with van der Waals surface area (Å²) in [5.41, 5.74) is 1.66. The monoisotopic (exact) mass is 382 g/mol. The van der Waals surface area contributed by atoms with Gasteiger partial charge in [0.1, 0.15) is 5.75 Å². The van der Waals surface area contributed by atoms with Crippen LogP contribution in [0.2, 0.25) is 0 Å². The number of hydrogen-bond acceptors (Lipinski definition) is 4. The third-order valence-corrected chi connectivity index (χ3v) is 5.95. The fraction of sp³-hybridized carbons (Fsp3) is 0.476. The molecule has 1 aromatic heterocycles. The highest BCUT2D eigenvalue weighted by atomic mass is 16.5. The number of amides is 2. The Balaban J connectivity index is 1.48. The van der Waals surface area contributed by atoms with Crippen LogP contribution >= 0.6 is 0 Å². The standard InChI is InChI=1S/C21H26N4O3/c1-15(28-17-6-4-3-5-7-17)20(27)24-12-9-21(10-13-24)19-18(22-14-23-19)8-11-25(21)16(2)26/h3-7,14-15H,8-13H2,1-2H3,(H,22,23)/t15-/m0/s1. The molecule has 1 N–H and O–H groups in total. The second-order valence-corrected chi connectivity index (χ2v) is 7.58. The Morgan fingerprint density at radius 3 is 2.57 bits per heavy atom. The van der Waals surface area contributed by atoms with Gasteiger partial charge in [-0.1, -0.05) is 18.2 Å². The topological polar surface area (TPSA) is 78.5 Å². The number of para-hydroxylation sites is 1. The minimum atomic E-state index is -0.548. The predicted molar refractivity (Wildman–Crippen MR) is 104 cm³/mol. The summed E-state index contributed by atoms with van der Waals surface area (Å²) in [7, 11) is 0. The van der Waals surface area contributed by atoms with Gasteiger partial charge in [0.15, 0.2) is 6.10 Å². The number of ether oxygens (including phenoxy) is 1. The van der Waals surface area contributed by atoms with Gasteiger partial charge in [-0.3, -0.25) is 9.59 Å². The number of rotatable bonds is 3.